The van der Waals surface area contributed by atoms with E-state index in [-0.39, 0.29) is 17.6 Å². The maximum absolute atomic E-state index is 13.5. The highest BCUT2D eigenvalue weighted by atomic mass is 19.1. The summed E-state index contributed by atoms with van der Waals surface area (Å²) in [5.41, 5.74) is 5.19. The molecule has 0 fully saturated rings. The number of nitrogens with zero attached hydrogens (tertiary/aromatic N) is 1. The molecule has 0 aliphatic rings. The third kappa shape index (κ3) is 3.06. The Kier molecular flexibility index (Phi) is 4.41. The lowest BCUT2D eigenvalue weighted by Crippen LogP contribution is -2.40. The molecular weight excluding hydrogens is 242 g/mol. The summed E-state index contributed by atoms with van der Waals surface area (Å²) in [4.78, 5) is 14.9. The first kappa shape index (κ1) is 14.1. The molecule has 1 rings (SSSR count). The number of rotatable bonds is 5. The predicted molar refractivity (Wildman–Crippen MR) is 65.1 cm³/mol. The summed E-state index contributed by atoms with van der Waals surface area (Å²) in [5, 5.41) is 5.07. The molecule has 0 spiro atoms. The van der Waals surface area contributed by atoms with E-state index in [1.165, 1.54) is 7.05 Å². The van der Waals surface area contributed by atoms with Crippen LogP contribution in [0.15, 0.2) is 6.07 Å². The molecule has 7 heteroatoms. The fourth-order valence-corrected chi connectivity index (χ4v) is 1.46. The molecule has 0 bridgehead atoms. The molecule has 0 aliphatic carbocycles. The van der Waals surface area contributed by atoms with E-state index in [0.29, 0.717) is 6.07 Å². The molecule has 18 heavy (non-hydrogen) atoms. The van der Waals surface area contributed by atoms with Crippen molar-refractivity contribution in [3.05, 3.63) is 17.7 Å². The molecule has 5 nitrogen and oxygen atoms in total. The zero-order valence-electron chi connectivity index (χ0n) is 10.4. The molecule has 1 aromatic heterocycles. The van der Waals surface area contributed by atoms with Gasteiger partial charge in [0, 0.05) is 13.1 Å². The van der Waals surface area contributed by atoms with Crippen molar-refractivity contribution in [2.24, 2.45) is 11.7 Å². The Labute approximate surface area is 104 Å². The lowest BCUT2D eigenvalue weighted by molar-refractivity contribution is -0.119. The Bertz CT molecular complexity index is 451. The summed E-state index contributed by atoms with van der Waals surface area (Å²) in [5.74, 6) is -2.77. The minimum atomic E-state index is -0.876. The Morgan fingerprint density at radius 1 is 1.33 bits per heavy atom. The van der Waals surface area contributed by atoms with E-state index >= 15 is 0 Å². The van der Waals surface area contributed by atoms with Gasteiger partial charge in [-0.25, -0.2) is 13.8 Å². The fourth-order valence-electron chi connectivity index (χ4n) is 1.46. The van der Waals surface area contributed by atoms with Gasteiger partial charge < -0.3 is 16.4 Å². The zero-order valence-corrected chi connectivity index (χ0v) is 10.4. The molecule has 1 amide bonds. The number of halogens is 2. The Balaban J connectivity index is 3.06. The van der Waals surface area contributed by atoms with Gasteiger partial charge in [0.15, 0.2) is 23.3 Å². The van der Waals surface area contributed by atoms with E-state index in [9.17, 15) is 13.6 Å². The van der Waals surface area contributed by atoms with Crippen molar-refractivity contribution in [3.63, 3.8) is 0 Å². The van der Waals surface area contributed by atoms with Crippen molar-refractivity contribution in [1.29, 1.82) is 0 Å². The highest BCUT2D eigenvalue weighted by Gasteiger charge is 2.22. The van der Waals surface area contributed by atoms with Crippen LogP contribution in [0, 0.1) is 17.6 Å². The van der Waals surface area contributed by atoms with Crippen LogP contribution in [0.5, 0.6) is 0 Å². The van der Waals surface area contributed by atoms with E-state index in [1.54, 1.807) is 13.8 Å². The number of hydrogen-bond acceptors (Lipinski definition) is 4. The molecule has 1 unspecified atom stereocenters. The first-order valence-corrected chi connectivity index (χ1v) is 5.46. The maximum Gasteiger partial charge on any atom is 0.240 e. The number of anilines is 2. The third-order valence-electron chi connectivity index (χ3n) is 2.43. The molecule has 0 aromatic carbocycles. The van der Waals surface area contributed by atoms with E-state index in [4.69, 9.17) is 5.73 Å². The SMILES string of the molecule is CNc1nc(NC(C(N)=O)C(C)C)c(F)cc1F. The number of aromatic nitrogens is 1. The summed E-state index contributed by atoms with van der Waals surface area (Å²) >= 11 is 0. The van der Waals surface area contributed by atoms with E-state index in [0.717, 1.165) is 0 Å². The molecular formula is C11H16F2N4O. The second-order valence-corrected chi connectivity index (χ2v) is 4.17. The highest BCUT2D eigenvalue weighted by molar-refractivity contribution is 5.83. The van der Waals surface area contributed by atoms with Gasteiger partial charge in [-0.3, -0.25) is 4.79 Å². The average molecular weight is 258 g/mol. The number of pyridine rings is 1. The zero-order chi connectivity index (χ0) is 13.9. The lowest BCUT2D eigenvalue weighted by atomic mass is 10.0. The van der Waals surface area contributed by atoms with Crippen molar-refractivity contribution < 1.29 is 13.6 Å². The van der Waals surface area contributed by atoms with E-state index in [2.05, 4.69) is 15.6 Å². The van der Waals surface area contributed by atoms with Gasteiger partial charge in [-0.15, -0.1) is 0 Å². The first-order valence-electron chi connectivity index (χ1n) is 5.46. The number of nitrogens with one attached hydrogen (secondary N) is 2. The highest BCUT2D eigenvalue weighted by Crippen LogP contribution is 2.20. The van der Waals surface area contributed by atoms with Gasteiger partial charge in [-0.05, 0) is 5.92 Å². The van der Waals surface area contributed by atoms with Crippen LogP contribution in [0.1, 0.15) is 13.8 Å². The number of primary amides is 1. The smallest absolute Gasteiger partial charge is 0.240 e. The quantitative estimate of drug-likeness (QED) is 0.744. The average Bonchev–Trinajstić information content (AvgIpc) is 2.26. The van der Waals surface area contributed by atoms with Crippen molar-refractivity contribution >= 4 is 17.5 Å². The van der Waals surface area contributed by atoms with E-state index < -0.39 is 23.6 Å². The van der Waals surface area contributed by atoms with Crippen molar-refractivity contribution in [1.82, 2.24) is 4.98 Å². The molecule has 0 saturated heterocycles. The van der Waals surface area contributed by atoms with Crippen LogP contribution in [0.25, 0.3) is 0 Å². The summed E-state index contributed by atoms with van der Waals surface area (Å²) in [6, 6.07) is -0.0818. The van der Waals surface area contributed by atoms with Crippen LogP contribution in [-0.2, 0) is 4.79 Å². The largest absolute Gasteiger partial charge is 0.371 e. The lowest BCUT2D eigenvalue weighted by Gasteiger charge is -2.20. The van der Waals surface area contributed by atoms with Crippen LogP contribution >= 0.6 is 0 Å². The van der Waals surface area contributed by atoms with E-state index in [1.807, 2.05) is 0 Å². The van der Waals surface area contributed by atoms with Gasteiger partial charge in [0.2, 0.25) is 5.91 Å². The molecule has 1 aromatic rings. The normalized spacial score (nSPS) is 12.3. The molecule has 4 N–H and O–H groups in total. The molecule has 0 aliphatic heterocycles. The van der Waals surface area contributed by atoms with Crippen molar-refractivity contribution in [3.8, 4) is 0 Å². The van der Waals surface area contributed by atoms with Crippen LogP contribution < -0.4 is 16.4 Å². The number of carbonyl (C=O) groups excluding carboxylic acids is 1. The minimum Gasteiger partial charge on any atom is -0.371 e. The molecule has 1 atom stereocenters. The Hall–Kier alpha value is -1.92. The molecule has 100 valence electrons. The first-order chi connectivity index (χ1) is 8.36. The Morgan fingerprint density at radius 2 is 1.89 bits per heavy atom. The maximum atomic E-state index is 13.5. The van der Waals surface area contributed by atoms with Gasteiger partial charge in [0.25, 0.3) is 0 Å². The number of amides is 1. The van der Waals surface area contributed by atoms with Gasteiger partial charge >= 0.3 is 0 Å². The predicted octanol–water partition coefficient (Wildman–Crippen LogP) is 1.32. The van der Waals surface area contributed by atoms with Crippen molar-refractivity contribution in [2.45, 2.75) is 19.9 Å². The number of hydrogen-bond donors (Lipinski definition) is 3. The number of carbonyl (C=O) groups is 1. The standard InChI is InChI=1S/C11H16F2N4O/c1-5(2)8(9(14)18)16-11-7(13)4-6(12)10(15-3)17-11/h4-5,8H,1-3H3,(H2,14,18)(H2,15,16,17). The van der Waals surface area contributed by atoms with Crippen LogP contribution in [0.3, 0.4) is 0 Å². The summed E-state index contributed by atoms with van der Waals surface area (Å²) in [6.45, 7) is 3.51. The number of nitrogens with two attached hydrogens (primary N) is 1. The third-order valence-corrected chi connectivity index (χ3v) is 2.43. The summed E-state index contributed by atoms with van der Waals surface area (Å²) in [6.07, 6.45) is 0. The van der Waals surface area contributed by atoms with Crippen LogP contribution in [0.4, 0.5) is 20.4 Å². The Morgan fingerprint density at radius 3 is 2.33 bits per heavy atom. The minimum absolute atomic E-state index is 0.106. The summed E-state index contributed by atoms with van der Waals surface area (Å²) < 4.78 is 26.7. The van der Waals surface area contributed by atoms with Gasteiger partial charge in [-0.2, -0.15) is 0 Å². The van der Waals surface area contributed by atoms with Gasteiger partial charge in [0.05, 0.1) is 0 Å². The topological polar surface area (TPSA) is 80.0 Å². The second-order valence-electron chi connectivity index (χ2n) is 4.17. The fraction of sp³-hybridized carbons (Fsp3) is 0.455. The van der Waals surface area contributed by atoms with Crippen LogP contribution in [-0.4, -0.2) is 24.0 Å². The van der Waals surface area contributed by atoms with Gasteiger partial charge in [0.1, 0.15) is 6.04 Å². The second kappa shape index (κ2) is 5.61. The monoisotopic (exact) mass is 258 g/mol. The molecule has 0 saturated carbocycles. The van der Waals surface area contributed by atoms with Crippen molar-refractivity contribution in [2.75, 3.05) is 17.7 Å². The van der Waals surface area contributed by atoms with Crippen LogP contribution in [0.2, 0.25) is 0 Å². The van der Waals surface area contributed by atoms with Gasteiger partial charge in [-0.1, -0.05) is 13.8 Å². The molecule has 1 heterocycles. The summed E-state index contributed by atoms with van der Waals surface area (Å²) in [7, 11) is 1.46. The molecule has 0 radical (unpaired) electrons.